The van der Waals surface area contributed by atoms with E-state index in [4.69, 9.17) is 4.74 Å². The molecular weight excluding hydrogens is 228 g/mol. The molecular formula is C15H24O3. The molecule has 0 aromatic heterocycles. The van der Waals surface area contributed by atoms with Crippen LogP contribution in [0.2, 0.25) is 0 Å². The van der Waals surface area contributed by atoms with Crippen molar-refractivity contribution >= 4 is 11.8 Å². The van der Waals surface area contributed by atoms with Crippen LogP contribution in [0, 0.1) is 29.6 Å². The topological polar surface area (TPSA) is 43.4 Å². The van der Waals surface area contributed by atoms with Crippen molar-refractivity contribution in [1.29, 1.82) is 0 Å². The van der Waals surface area contributed by atoms with Gasteiger partial charge in [0.25, 0.3) is 0 Å². The fraction of sp³-hybridized carbons (Fsp3) is 0.867. The lowest BCUT2D eigenvalue weighted by atomic mass is 9.66. The van der Waals surface area contributed by atoms with Crippen LogP contribution in [0.4, 0.5) is 0 Å². The fourth-order valence-corrected chi connectivity index (χ4v) is 3.74. The molecule has 2 fully saturated rings. The van der Waals surface area contributed by atoms with Crippen LogP contribution >= 0.6 is 0 Å². The number of carbonyl (C=O) groups is 2. The largest absolute Gasteiger partial charge is 0.460 e. The van der Waals surface area contributed by atoms with Gasteiger partial charge in [0, 0.05) is 11.8 Å². The molecule has 0 spiro atoms. The van der Waals surface area contributed by atoms with E-state index in [1.165, 1.54) is 0 Å². The maximum absolute atomic E-state index is 12.3. The first-order valence-electron chi connectivity index (χ1n) is 6.99. The summed E-state index contributed by atoms with van der Waals surface area (Å²) in [5.41, 5.74) is -0.447. The zero-order chi connectivity index (χ0) is 13.7. The Morgan fingerprint density at radius 1 is 1.11 bits per heavy atom. The zero-order valence-electron chi connectivity index (χ0n) is 12.0. The summed E-state index contributed by atoms with van der Waals surface area (Å²) in [6.07, 6.45) is 1.91. The Balaban J connectivity index is 2.18. The van der Waals surface area contributed by atoms with Crippen LogP contribution in [-0.2, 0) is 14.3 Å². The molecule has 0 aromatic rings. The Hall–Kier alpha value is -0.860. The van der Waals surface area contributed by atoms with Crippen LogP contribution in [0.15, 0.2) is 0 Å². The van der Waals surface area contributed by atoms with Crippen molar-refractivity contribution in [3.8, 4) is 0 Å². The highest BCUT2D eigenvalue weighted by Crippen LogP contribution is 2.49. The lowest BCUT2D eigenvalue weighted by molar-refractivity contribution is -0.168. The molecule has 2 aliphatic carbocycles. The van der Waals surface area contributed by atoms with Gasteiger partial charge in [0.1, 0.15) is 11.4 Å². The second-order valence-electron chi connectivity index (χ2n) is 6.97. The number of hydrogen-bond acceptors (Lipinski definition) is 3. The second-order valence-corrected chi connectivity index (χ2v) is 6.97. The first-order valence-corrected chi connectivity index (χ1v) is 6.99. The van der Waals surface area contributed by atoms with Gasteiger partial charge in [0.15, 0.2) is 0 Å². The molecule has 2 bridgehead atoms. The Morgan fingerprint density at radius 3 is 1.94 bits per heavy atom. The van der Waals surface area contributed by atoms with Gasteiger partial charge in [-0.25, -0.2) is 0 Å². The maximum atomic E-state index is 12.3. The number of ether oxygens (including phenoxy) is 1. The number of esters is 1. The summed E-state index contributed by atoms with van der Waals surface area (Å²) >= 11 is 0. The molecule has 0 radical (unpaired) electrons. The fourth-order valence-electron chi connectivity index (χ4n) is 3.74. The average molecular weight is 252 g/mol. The quantitative estimate of drug-likeness (QED) is 0.674. The van der Waals surface area contributed by atoms with E-state index < -0.39 is 5.60 Å². The molecule has 1 unspecified atom stereocenters. The van der Waals surface area contributed by atoms with E-state index in [2.05, 4.69) is 0 Å². The van der Waals surface area contributed by atoms with Gasteiger partial charge in [0.2, 0.25) is 0 Å². The molecule has 0 aliphatic heterocycles. The van der Waals surface area contributed by atoms with Crippen LogP contribution in [0.1, 0.15) is 47.5 Å². The summed E-state index contributed by atoms with van der Waals surface area (Å²) < 4.78 is 5.53. The van der Waals surface area contributed by atoms with Gasteiger partial charge in [0.05, 0.1) is 5.92 Å². The van der Waals surface area contributed by atoms with Crippen molar-refractivity contribution in [3.63, 3.8) is 0 Å². The highest BCUT2D eigenvalue weighted by molar-refractivity contribution is 5.89. The highest BCUT2D eigenvalue weighted by Gasteiger charge is 2.53. The number of fused-ring (bicyclic) bond motifs is 2. The number of rotatable bonds is 1. The summed E-state index contributed by atoms with van der Waals surface area (Å²) in [6.45, 7) is 9.75. The smallest absolute Gasteiger partial charge is 0.310 e. The molecule has 0 heterocycles. The molecule has 102 valence electrons. The Kier molecular flexibility index (Phi) is 3.28. The predicted molar refractivity (Wildman–Crippen MR) is 68.9 cm³/mol. The molecule has 2 rings (SSSR count). The molecule has 2 aliphatic rings. The Morgan fingerprint density at radius 2 is 1.56 bits per heavy atom. The van der Waals surface area contributed by atoms with Gasteiger partial charge >= 0.3 is 5.97 Å². The summed E-state index contributed by atoms with van der Waals surface area (Å²) in [4.78, 5) is 24.4. The van der Waals surface area contributed by atoms with Gasteiger partial charge < -0.3 is 4.74 Å². The molecule has 0 amide bonds. The lowest BCUT2D eigenvalue weighted by Crippen LogP contribution is -2.45. The summed E-state index contributed by atoms with van der Waals surface area (Å²) in [6, 6.07) is 0. The van der Waals surface area contributed by atoms with Gasteiger partial charge in [-0.05, 0) is 45.4 Å². The van der Waals surface area contributed by atoms with E-state index in [0.29, 0.717) is 5.78 Å². The third kappa shape index (κ3) is 2.19. The van der Waals surface area contributed by atoms with Gasteiger partial charge in [-0.2, -0.15) is 0 Å². The van der Waals surface area contributed by atoms with E-state index in [9.17, 15) is 9.59 Å². The summed E-state index contributed by atoms with van der Waals surface area (Å²) in [7, 11) is 0. The van der Waals surface area contributed by atoms with Gasteiger partial charge in [-0.15, -0.1) is 0 Å². The normalized spacial score (nSPS) is 39.8. The van der Waals surface area contributed by atoms with Crippen LogP contribution in [0.3, 0.4) is 0 Å². The van der Waals surface area contributed by atoms with E-state index in [0.717, 1.165) is 12.8 Å². The van der Waals surface area contributed by atoms with E-state index in [1.54, 1.807) is 0 Å². The first kappa shape index (κ1) is 13.6. The van der Waals surface area contributed by atoms with Gasteiger partial charge in [-0.1, -0.05) is 13.8 Å². The lowest BCUT2D eigenvalue weighted by Gasteiger charge is -2.38. The molecule has 3 nitrogen and oxygen atoms in total. The van der Waals surface area contributed by atoms with Crippen molar-refractivity contribution in [1.82, 2.24) is 0 Å². The molecule has 0 N–H and O–H groups in total. The van der Waals surface area contributed by atoms with Gasteiger partial charge in [-0.3, -0.25) is 9.59 Å². The Labute approximate surface area is 109 Å². The zero-order valence-corrected chi connectivity index (χ0v) is 12.0. The minimum absolute atomic E-state index is 0.0868. The van der Waals surface area contributed by atoms with Crippen molar-refractivity contribution in [3.05, 3.63) is 0 Å². The van der Waals surface area contributed by atoms with Crippen molar-refractivity contribution in [2.24, 2.45) is 29.6 Å². The first-order chi connectivity index (χ1) is 8.22. The van der Waals surface area contributed by atoms with Crippen molar-refractivity contribution in [2.75, 3.05) is 0 Å². The third-order valence-electron chi connectivity index (χ3n) is 4.60. The number of hydrogen-bond donors (Lipinski definition) is 0. The molecule has 0 saturated heterocycles. The van der Waals surface area contributed by atoms with E-state index in [1.807, 2.05) is 34.6 Å². The summed E-state index contributed by atoms with van der Waals surface area (Å²) in [5.74, 6) is 0.579. The molecule has 3 heteroatoms. The maximum Gasteiger partial charge on any atom is 0.310 e. The number of carbonyl (C=O) groups excluding carboxylic acids is 2. The van der Waals surface area contributed by atoms with Crippen LogP contribution in [0.25, 0.3) is 0 Å². The standard InChI is InChI=1S/C15H24O3/c1-8-10-6-7-11(13(10)16)9(2)12(8)14(17)18-15(3,4)5/h8-12H,6-7H2,1-5H3/t8-,9-,10-,11+,12?/m0/s1. The van der Waals surface area contributed by atoms with Crippen LogP contribution in [0.5, 0.6) is 0 Å². The third-order valence-corrected chi connectivity index (χ3v) is 4.60. The van der Waals surface area contributed by atoms with Crippen LogP contribution in [-0.4, -0.2) is 17.4 Å². The van der Waals surface area contributed by atoms with Crippen molar-refractivity contribution in [2.45, 2.75) is 53.1 Å². The molecule has 2 saturated carbocycles. The molecule has 0 aromatic carbocycles. The SMILES string of the molecule is C[C@@H]1C(C(=O)OC(C)(C)C)[C@@H](C)[C@H]2CC[C@@H]1C2=O. The summed E-state index contributed by atoms with van der Waals surface area (Å²) in [5, 5.41) is 0. The van der Waals surface area contributed by atoms with Crippen LogP contribution < -0.4 is 0 Å². The predicted octanol–water partition coefficient (Wildman–Crippen LogP) is 2.83. The van der Waals surface area contributed by atoms with E-state index >= 15 is 0 Å². The number of Topliss-reactive ketones (excluding diaryl/α,β-unsaturated/α-hetero) is 1. The average Bonchev–Trinajstić information content (AvgIpc) is 2.49. The minimum Gasteiger partial charge on any atom is -0.460 e. The number of ketones is 1. The second kappa shape index (κ2) is 4.36. The minimum atomic E-state index is -0.447. The highest BCUT2D eigenvalue weighted by atomic mass is 16.6. The monoisotopic (exact) mass is 252 g/mol. The van der Waals surface area contributed by atoms with Crippen molar-refractivity contribution < 1.29 is 14.3 Å². The Bertz CT molecular complexity index is 346. The molecule has 5 atom stereocenters. The molecule has 18 heavy (non-hydrogen) atoms. The van der Waals surface area contributed by atoms with E-state index in [-0.39, 0.29) is 35.6 Å².